The summed E-state index contributed by atoms with van der Waals surface area (Å²) in [6.45, 7) is 1.66. The minimum absolute atomic E-state index is 0.0920. The van der Waals surface area contributed by atoms with Crippen molar-refractivity contribution in [3.8, 4) is 0 Å². The van der Waals surface area contributed by atoms with Crippen LogP contribution >= 0.6 is 27.7 Å². The number of likely N-dealkylation sites (N-methyl/N-ethyl adjacent to an activating group) is 1. The lowest BCUT2D eigenvalue weighted by Crippen LogP contribution is -2.49. The first kappa shape index (κ1) is 25.4. The van der Waals surface area contributed by atoms with Gasteiger partial charge in [-0.1, -0.05) is 29.8 Å². The van der Waals surface area contributed by atoms with E-state index in [0.717, 1.165) is 10.0 Å². The number of amides is 2. The molecule has 0 bridgehead atoms. The predicted octanol–water partition coefficient (Wildman–Crippen LogP) is 3.25. The molecular formula is C21H26BrN3O4S2. The number of hydrogen-bond acceptors (Lipinski definition) is 5. The van der Waals surface area contributed by atoms with Crippen LogP contribution in [0.3, 0.4) is 0 Å². The molecule has 2 aromatic carbocycles. The molecule has 0 unspecified atom stereocenters. The van der Waals surface area contributed by atoms with E-state index in [-0.39, 0.29) is 17.3 Å². The lowest BCUT2D eigenvalue weighted by molar-refractivity contribution is -0.134. The minimum Gasteiger partial charge on any atom is -0.335 e. The summed E-state index contributed by atoms with van der Waals surface area (Å²) in [5, 5.41) is 2.73. The average Bonchev–Trinajstić information content (AvgIpc) is 2.72. The molecule has 0 aliphatic carbocycles. The fourth-order valence-electron chi connectivity index (χ4n) is 2.75. The fourth-order valence-corrected chi connectivity index (χ4v) is 4.83. The lowest BCUT2D eigenvalue weighted by Gasteiger charge is -2.24. The van der Waals surface area contributed by atoms with Crippen LogP contribution in [-0.2, 0) is 19.6 Å². The van der Waals surface area contributed by atoms with E-state index >= 15 is 0 Å². The van der Waals surface area contributed by atoms with Crippen LogP contribution in [0.25, 0.3) is 0 Å². The van der Waals surface area contributed by atoms with E-state index in [0.29, 0.717) is 17.9 Å². The van der Waals surface area contributed by atoms with Crippen LogP contribution in [-0.4, -0.2) is 56.8 Å². The van der Waals surface area contributed by atoms with Crippen molar-refractivity contribution in [3.05, 3.63) is 58.6 Å². The first-order valence-electron chi connectivity index (χ1n) is 9.51. The number of hydrogen-bond donors (Lipinski definition) is 2. The first-order valence-corrected chi connectivity index (χ1v) is 13.2. The van der Waals surface area contributed by atoms with Crippen LogP contribution in [0.4, 0.5) is 5.69 Å². The van der Waals surface area contributed by atoms with Crippen LogP contribution < -0.4 is 10.0 Å². The van der Waals surface area contributed by atoms with Gasteiger partial charge in [0.05, 0.1) is 17.1 Å². The molecule has 2 amide bonds. The van der Waals surface area contributed by atoms with E-state index < -0.39 is 22.0 Å². The van der Waals surface area contributed by atoms with Crippen molar-refractivity contribution in [1.29, 1.82) is 0 Å². The zero-order chi connectivity index (χ0) is 23.0. The summed E-state index contributed by atoms with van der Waals surface area (Å²) in [4.78, 5) is 26.7. The van der Waals surface area contributed by atoms with Gasteiger partial charge < -0.3 is 10.2 Å². The maximum absolute atomic E-state index is 13.0. The lowest BCUT2D eigenvalue weighted by atomic mass is 10.2. The van der Waals surface area contributed by atoms with Crippen molar-refractivity contribution in [2.75, 3.05) is 30.9 Å². The largest absolute Gasteiger partial charge is 0.335 e. The number of sulfonamides is 1. The van der Waals surface area contributed by atoms with Gasteiger partial charge in [-0.25, -0.2) is 8.42 Å². The molecule has 0 heterocycles. The van der Waals surface area contributed by atoms with Gasteiger partial charge in [0.2, 0.25) is 21.8 Å². The Morgan fingerprint density at radius 2 is 1.77 bits per heavy atom. The Morgan fingerprint density at radius 3 is 2.39 bits per heavy atom. The summed E-state index contributed by atoms with van der Waals surface area (Å²) in [6, 6.07) is 12.6. The molecule has 2 N–H and O–H groups in total. The summed E-state index contributed by atoms with van der Waals surface area (Å²) >= 11 is 4.87. The summed E-state index contributed by atoms with van der Waals surface area (Å²) in [7, 11) is -2.40. The standard InChI is InChI=1S/C21H26BrN3O4S2/c1-15-8-10-16(11-9-15)31(28,29)24-19(12-13-30-3)21(27)25(2)14-20(26)23-18-7-5-4-6-17(18)22/h4-11,19,24H,12-14H2,1-3H3,(H,23,26)/t19-/m1/s1. The Hall–Kier alpha value is -1.88. The molecular weight excluding hydrogens is 502 g/mol. The maximum atomic E-state index is 13.0. The van der Waals surface area contributed by atoms with Crippen molar-refractivity contribution >= 4 is 55.2 Å². The highest BCUT2D eigenvalue weighted by molar-refractivity contribution is 9.10. The molecule has 0 aliphatic heterocycles. The van der Waals surface area contributed by atoms with Crippen LogP contribution in [0, 0.1) is 6.92 Å². The number of para-hydroxylation sites is 1. The quantitative estimate of drug-likeness (QED) is 0.494. The third-order valence-electron chi connectivity index (χ3n) is 4.44. The minimum atomic E-state index is -3.88. The van der Waals surface area contributed by atoms with Gasteiger partial charge in [-0.3, -0.25) is 9.59 Å². The van der Waals surface area contributed by atoms with E-state index in [9.17, 15) is 18.0 Å². The number of rotatable bonds is 10. The molecule has 10 heteroatoms. The number of carbonyl (C=O) groups excluding carboxylic acids is 2. The monoisotopic (exact) mass is 527 g/mol. The van der Waals surface area contributed by atoms with Crippen molar-refractivity contribution in [1.82, 2.24) is 9.62 Å². The number of carbonyl (C=O) groups is 2. The number of aryl methyl sites for hydroxylation is 1. The molecule has 0 aromatic heterocycles. The van der Waals surface area contributed by atoms with Crippen molar-refractivity contribution in [2.24, 2.45) is 0 Å². The maximum Gasteiger partial charge on any atom is 0.244 e. The Balaban J connectivity index is 2.09. The van der Waals surface area contributed by atoms with Crippen LogP contribution in [0.1, 0.15) is 12.0 Å². The second kappa shape index (κ2) is 11.7. The smallest absolute Gasteiger partial charge is 0.244 e. The molecule has 0 saturated heterocycles. The Morgan fingerprint density at radius 1 is 1.13 bits per heavy atom. The third-order valence-corrected chi connectivity index (χ3v) is 7.27. The summed E-state index contributed by atoms with van der Waals surface area (Å²) in [6.07, 6.45) is 2.19. The highest BCUT2D eigenvalue weighted by atomic mass is 79.9. The molecule has 0 saturated carbocycles. The molecule has 0 radical (unpaired) electrons. The van der Waals surface area contributed by atoms with E-state index in [2.05, 4.69) is 26.0 Å². The molecule has 31 heavy (non-hydrogen) atoms. The van der Waals surface area contributed by atoms with Gasteiger partial charge >= 0.3 is 0 Å². The third kappa shape index (κ3) is 7.64. The van der Waals surface area contributed by atoms with E-state index in [1.807, 2.05) is 19.2 Å². The highest BCUT2D eigenvalue weighted by Crippen LogP contribution is 2.21. The molecule has 2 aromatic rings. The number of thioether (sulfide) groups is 1. The second-order valence-electron chi connectivity index (χ2n) is 6.99. The van der Waals surface area contributed by atoms with Gasteiger partial charge in [0.25, 0.3) is 0 Å². The van der Waals surface area contributed by atoms with Gasteiger partial charge in [-0.05, 0) is 65.5 Å². The van der Waals surface area contributed by atoms with Crippen molar-refractivity contribution in [3.63, 3.8) is 0 Å². The number of nitrogens with one attached hydrogen (secondary N) is 2. The number of nitrogens with zero attached hydrogens (tertiary/aromatic N) is 1. The van der Waals surface area contributed by atoms with Gasteiger partial charge in [0.15, 0.2) is 0 Å². The normalized spacial score (nSPS) is 12.3. The van der Waals surface area contributed by atoms with Gasteiger partial charge in [0, 0.05) is 11.5 Å². The van der Waals surface area contributed by atoms with Gasteiger partial charge in [-0.15, -0.1) is 0 Å². The summed E-state index contributed by atoms with van der Waals surface area (Å²) in [5.41, 5.74) is 1.53. The van der Waals surface area contributed by atoms with Crippen LogP contribution in [0.2, 0.25) is 0 Å². The number of benzene rings is 2. The Bertz CT molecular complexity index is 1010. The molecule has 168 valence electrons. The summed E-state index contributed by atoms with van der Waals surface area (Å²) in [5.74, 6) is -0.260. The topological polar surface area (TPSA) is 95.6 Å². The zero-order valence-electron chi connectivity index (χ0n) is 17.6. The Kier molecular flexibility index (Phi) is 9.54. The zero-order valence-corrected chi connectivity index (χ0v) is 20.8. The van der Waals surface area contributed by atoms with E-state index in [1.54, 1.807) is 30.3 Å². The van der Waals surface area contributed by atoms with E-state index in [4.69, 9.17) is 0 Å². The number of halogens is 1. The average molecular weight is 528 g/mol. The second-order valence-corrected chi connectivity index (χ2v) is 10.5. The fraction of sp³-hybridized carbons (Fsp3) is 0.333. The van der Waals surface area contributed by atoms with Gasteiger partial charge in [0.1, 0.15) is 6.04 Å². The molecule has 0 fully saturated rings. The molecule has 1 atom stereocenters. The van der Waals surface area contributed by atoms with Crippen molar-refractivity contribution < 1.29 is 18.0 Å². The molecule has 0 aliphatic rings. The molecule has 2 rings (SSSR count). The molecule has 7 nitrogen and oxygen atoms in total. The number of anilines is 1. The Labute approximate surface area is 196 Å². The van der Waals surface area contributed by atoms with Crippen LogP contribution in [0.15, 0.2) is 57.9 Å². The predicted molar refractivity (Wildman–Crippen MR) is 129 cm³/mol. The van der Waals surface area contributed by atoms with Crippen LogP contribution in [0.5, 0.6) is 0 Å². The van der Waals surface area contributed by atoms with E-state index in [1.165, 1.54) is 35.8 Å². The van der Waals surface area contributed by atoms with Crippen molar-refractivity contribution in [2.45, 2.75) is 24.3 Å². The van der Waals surface area contributed by atoms with Gasteiger partial charge in [-0.2, -0.15) is 16.5 Å². The highest BCUT2D eigenvalue weighted by Gasteiger charge is 2.28. The molecule has 0 spiro atoms. The summed E-state index contributed by atoms with van der Waals surface area (Å²) < 4.78 is 28.8. The first-order chi connectivity index (χ1) is 14.6. The SMILES string of the molecule is CSCC[C@@H](NS(=O)(=O)c1ccc(C)cc1)C(=O)N(C)CC(=O)Nc1ccccc1Br.